The molecule has 3 nitrogen and oxygen atoms in total. The van der Waals surface area contributed by atoms with Gasteiger partial charge in [-0.2, -0.15) is 0 Å². The van der Waals surface area contributed by atoms with Crippen LogP contribution in [-0.2, 0) is 11.2 Å². The Labute approximate surface area is 179 Å². The van der Waals surface area contributed by atoms with Crippen LogP contribution >= 0.6 is 0 Å². The molecule has 0 aromatic heterocycles. The lowest BCUT2D eigenvalue weighted by molar-refractivity contribution is 0.0526. The molecule has 0 heterocycles. The normalized spacial score (nSPS) is 19.0. The van der Waals surface area contributed by atoms with Gasteiger partial charge in [-0.1, -0.05) is 61.0 Å². The van der Waals surface area contributed by atoms with E-state index in [1.54, 1.807) is 0 Å². The number of rotatable bonds is 7. The van der Waals surface area contributed by atoms with Crippen molar-refractivity contribution >= 4 is 16.7 Å². The van der Waals surface area contributed by atoms with Crippen LogP contribution in [0.3, 0.4) is 0 Å². The first-order valence-electron chi connectivity index (χ1n) is 11.2. The molecule has 3 heteroatoms. The first-order valence-corrected chi connectivity index (χ1v) is 11.2. The fraction of sp³-hybridized carbons (Fsp3) is 0.370. The monoisotopic (exact) mass is 401 g/mol. The Hall–Kier alpha value is -2.65. The molecular formula is C27H31NO2. The fourth-order valence-corrected chi connectivity index (χ4v) is 4.71. The number of fused-ring (bicyclic) bond motifs is 1. The van der Waals surface area contributed by atoms with Gasteiger partial charge in [0.15, 0.2) is 0 Å². The fourth-order valence-electron chi connectivity index (χ4n) is 4.71. The summed E-state index contributed by atoms with van der Waals surface area (Å²) in [5.74, 6) is 0.325. The number of nitrogens with one attached hydrogen (secondary N) is 1. The minimum Gasteiger partial charge on any atom is -0.462 e. The van der Waals surface area contributed by atoms with Gasteiger partial charge in [0.05, 0.1) is 12.2 Å². The van der Waals surface area contributed by atoms with E-state index in [-0.39, 0.29) is 5.97 Å². The third-order valence-electron chi connectivity index (χ3n) is 6.27. The van der Waals surface area contributed by atoms with E-state index in [0.29, 0.717) is 24.1 Å². The molecule has 0 amide bonds. The van der Waals surface area contributed by atoms with Gasteiger partial charge in [0, 0.05) is 6.04 Å². The Morgan fingerprint density at radius 2 is 1.80 bits per heavy atom. The number of hydrogen-bond acceptors (Lipinski definition) is 3. The van der Waals surface area contributed by atoms with E-state index in [4.69, 9.17) is 4.74 Å². The lowest BCUT2D eigenvalue weighted by Crippen LogP contribution is -2.34. The van der Waals surface area contributed by atoms with Crippen LogP contribution < -0.4 is 5.32 Å². The summed E-state index contributed by atoms with van der Waals surface area (Å²) in [7, 11) is 0. The summed E-state index contributed by atoms with van der Waals surface area (Å²) in [6.07, 6.45) is 5.93. The minimum atomic E-state index is -0.235. The van der Waals surface area contributed by atoms with Crippen molar-refractivity contribution < 1.29 is 9.53 Å². The summed E-state index contributed by atoms with van der Waals surface area (Å²) in [5, 5.41) is 6.49. The van der Waals surface area contributed by atoms with Crippen LogP contribution in [0.25, 0.3) is 10.8 Å². The molecular weight excluding hydrogens is 370 g/mol. The highest BCUT2D eigenvalue weighted by atomic mass is 16.5. The number of carbonyl (C=O) groups excluding carboxylic acids is 1. The van der Waals surface area contributed by atoms with Gasteiger partial charge in [0.1, 0.15) is 0 Å². The Morgan fingerprint density at radius 1 is 1.00 bits per heavy atom. The van der Waals surface area contributed by atoms with Gasteiger partial charge in [-0.15, -0.1) is 0 Å². The van der Waals surface area contributed by atoms with Crippen molar-refractivity contribution in [3.63, 3.8) is 0 Å². The highest BCUT2D eigenvalue weighted by Gasteiger charge is 2.23. The summed E-state index contributed by atoms with van der Waals surface area (Å²) < 4.78 is 5.09. The summed E-state index contributed by atoms with van der Waals surface area (Å²) in [6.45, 7) is 3.25. The Morgan fingerprint density at radius 3 is 2.63 bits per heavy atom. The van der Waals surface area contributed by atoms with Crippen molar-refractivity contribution in [2.75, 3.05) is 13.2 Å². The van der Waals surface area contributed by atoms with Crippen LogP contribution in [0.5, 0.6) is 0 Å². The molecule has 1 saturated carbocycles. The van der Waals surface area contributed by atoms with Gasteiger partial charge in [0.2, 0.25) is 0 Å². The maximum Gasteiger partial charge on any atom is 0.338 e. The van der Waals surface area contributed by atoms with Crippen molar-refractivity contribution in [2.24, 2.45) is 0 Å². The number of carbonyl (C=O) groups is 1. The van der Waals surface area contributed by atoms with E-state index in [2.05, 4.69) is 59.9 Å². The van der Waals surface area contributed by atoms with Crippen LogP contribution in [-0.4, -0.2) is 25.2 Å². The number of hydrogen-bond donors (Lipinski definition) is 1. The summed E-state index contributed by atoms with van der Waals surface area (Å²) in [5.41, 5.74) is 3.40. The molecule has 0 aliphatic heterocycles. The largest absolute Gasteiger partial charge is 0.462 e. The van der Waals surface area contributed by atoms with Crippen LogP contribution in [0.1, 0.15) is 60.0 Å². The molecule has 156 valence electrons. The number of esters is 1. The third-order valence-corrected chi connectivity index (χ3v) is 6.27. The van der Waals surface area contributed by atoms with Gasteiger partial charge >= 0.3 is 5.97 Å². The first kappa shape index (κ1) is 20.6. The van der Waals surface area contributed by atoms with Crippen molar-refractivity contribution in [3.05, 3.63) is 83.4 Å². The molecule has 30 heavy (non-hydrogen) atoms. The van der Waals surface area contributed by atoms with Gasteiger partial charge in [-0.3, -0.25) is 0 Å². The zero-order valence-electron chi connectivity index (χ0n) is 17.8. The molecule has 1 unspecified atom stereocenters. The topological polar surface area (TPSA) is 38.3 Å². The maximum absolute atomic E-state index is 11.9. The number of ether oxygens (including phenoxy) is 1. The average molecular weight is 402 g/mol. The smallest absolute Gasteiger partial charge is 0.338 e. The Kier molecular flexibility index (Phi) is 6.81. The molecule has 1 N–H and O–H groups in total. The zero-order chi connectivity index (χ0) is 20.8. The highest BCUT2D eigenvalue weighted by Crippen LogP contribution is 2.33. The predicted octanol–water partition coefficient (Wildman–Crippen LogP) is 5.88. The van der Waals surface area contributed by atoms with E-state index < -0.39 is 0 Å². The van der Waals surface area contributed by atoms with Gasteiger partial charge < -0.3 is 10.1 Å². The lowest BCUT2D eigenvalue weighted by Gasteiger charge is -2.30. The quantitative estimate of drug-likeness (QED) is 0.503. The lowest BCUT2D eigenvalue weighted by atomic mass is 9.81. The van der Waals surface area contributed by atoms with Crippen LogP contribution in [0.2, 0.25) is 0 Å². The average Bonchev–Trinajstić information content (AvgIpc) is 2.80. The summed E-state index contributed by atoms with van der Waals surface area (Å²) >= 11 is 0. The van der Waals surface area contributed by atoms with E-state index in [1.807, 2.05) is 19.1 Å². The number of benzene rings is 3. The Bertz CT molecular complexity index is 974. The SMILES string of the molecule is CCOC(=O)c1ccc([C@@H]2CCCC(NCCc3cccc4ccccc34)C2)cc1. The summed E-state index contributed by atoms with van der Waals surface area (Å²) in [6, 6.07) is 23.8. The predicted molar refractivity (Wildman–Crippen MR) is 123 cm³/mol. The maximum atomic E-state index is 11.9. The molecule has 1 fully saturated rings. The van der Waals surface area contributed by atoms with Crippen LogP contribution in [0.15, 0.2) is 66.7 Å². The summed E-state index contributed by atoms with van der Waals surface area (Å²) in [4.78, 5) is 11.9. The standard InChI is InChI=1S/C27H31NO2/c1-2-30-27(29)23-15-13-20(14-16-23)24-10-6-11-25(19-24)28-18-17-22-9-5-8-21-7-3-4-12-26(21)22/h3-5,7-9,12-16,24-25,28H,2,6,10-11,17-19H2,1H3/t24-,25?/m1/s1. The second-order valence-corrected chi connectivity index (χ2v) is 8.25. The molecule has 3 aromatic carbocycles. The van der Waals surface area contributed by atoms with Crippen molar-refractivity contribution in [1.82, 2.24) is 5.32 Å². The molecule has 0 radical (unpaired) electrons. The van der Waals surface area contributed by atoms with E-state index in [0.717, 1.165) is 19.4 Å². The van der Waals surface area contributed by atoms with E-state index in [1.165, 1.54) is 41.2 Å². The molecule has 1 aliphatic carbocycles. The van der Waals surface area contributed by atoms with Gasteiger partial charge in [-0.05, 0) is 79.1 Å². The first-order chi connectivity index (χ1) is 14.7. The molecule has 0 bridgehead atoms. The molecule has 0 saturated heterocycles. The van der Waals surface area contributed by atoms with Crippen molar-refractivity contribution in [2.45, 2.75) is 51.0 Å². The molecule has 4 rings (SSSR count). The zero-order valence-corrected chi connectivity index (χ0v) is 17.8. The van der Waals surface area contributed by atoms with Crippen LogP contribution in [0, 0.1) is 0 Å². The van der Waals surface area contributed by atoms with Crippen LogP contribution in [0.4, 0.5) is 0 Å². The van der Waals surface area contributed by atoms with Gasteiger partial charge in [-0.25, -0.2) is 4.79 Å². The van der Waals surface area contributed by atoms with Crippen molar-refractivity contribution in [3.8, 4) is 0 Å². The Balaban J connectivity index is 1.32. The molecule has 2 atom stereocenters. The molecule has 3 aromatic rings. The van der Waals surface area contributed by atoms with E-state index >= 15 is 0 Å². The third kappa shape index (κ3) is 4.91. The molecule has 0 spiro atoms. The second kappa shape index (κ2) is 9.90. The minimum absolute atomic E-state index is 0.235. The van der Waals surface area contributed by atoms with Gasteiger partial charge in [0.25, 0.3) is 0 Å². The second-order valence-electron chi connectivity index (χ2n) is 8.25. The molecule has 1 aliphatic rings. The highest BCUT2D eigenvalue weighted by molar-refractivity contribution is 5.89. The van der Waals surface area contributed by atoms with Crippen molar-refractivity contribution in [1.29, 1.82) is 0 Å². The van der Waals surface area contributed by atoms with E-state index in [9.17, 15) is 4.79 Å².